The van der Waals surface area contributed by atoms with Crippen LogP contribution >= 0.6 is 0 Å². The molecule has 260 valence electrons. The molecule has 12 aromatic rings. The monoisotopic (exact) mass is 712 g/mol. The first-order valence-corrected chi connectivity index (χ1v) is 19.1. The summed E-state index contributed by atoms with van der Waals surface area (Å²) < 4.78 is 4.88. The molecule has 3 heterocycles. The molecule has 0 atom stereocenters. The molecule has 0 bridgehead atoms. The van der Waals surface area contributed by atoms with Gasteiger partial charge in [0.05, 0.1) is 33.3 Å². The molecule has 3 aromatic heterocycles. The number of para-hydroxylation sites is 4. The lowest BCUT2D eigenvalue weighted by atomic mass is 9.93. The number of benzene rings is 9. The summed E-state index contributed by atoms with van der Waals surface area (Å²) >= 11 is 0. The Bertz CT molecular complexity index is 3520. The van der Waals surface area contributed by atoms with Gasteiger partial charge < -0.3 is 9.13 Å². The van der Waals surface area contributed by atoms with Gasteiger partial charge in [-0.05, 0) is 59.3 Å². The smallest absolute Gasteiger partial charge is 0.160 e. The van der Waals surface area contributed by atoms with Crippen molar-refractivity contribution in [2.24, 2.45) is 0 Å². The first kappa shape index (κ1) is 30.9. The van der Waals surface area contributed by atoms with Crippen LogP contribution in [-0.4, -0.2) is 19.1 Å². The Morgan fingerprint density at radius 2 is 0.911 bits per heavy atom. The van der Waals surface area contributed by atoms with E-state index in [1.807, 2.05) is 12.1 Å². The van der Waals surface area contributed by atoms with E-state index in [-0.39, 0.29) is 0 Å². The predicted octanol–water partition coefficient (Wildman–Crippen LogP) is 13.5. The van der Waals surface area contributed by atoms with Crippen molar-refractivity contribution in [2.75, 3.05) is 0 Å². The Morgan fingerprint density at radius 1 is 0.321 bits per heavy atom. The first-order valence-electron chi connectivity index (χ1n) is 19.1. The molecular weight excluding hydrogens is 681 g/mol. The molecule has 0 aliphatic heterocycles. The van der Waals surface area contributed by atoms with Crippen LogP contribution in [0.1, 0.15) is 0 Å². The van der Waals surface area contributed by atoms with Crippen LogP contribution in [0.3, 0.4) is 0 Å². The maximum atomic E-state index is 5.23. The van der Waals surface area contributed by atoms with Gasteiger partial charge in [-0.2, -0.15) is 0 Å². The van der Waals surface area contributed by atoms with Crippen molar-refractivity contribution < 1.29 is 0 Å². The minimum Gasteiger partial charge on any atom is -0.309 e. The zero-order valence-corrected chi connectivity index (χ0v) is 30.3. The molecule has 0 radical (unpaired) electrons. The van der Waals surface area contributed by atoms with Crippen LogP contribution in [0, 0.1) is 0 Å². The Kier molecular flexibility index (Phi) is 6.60. The van der Waals surface area contributed by atoms with Crippen LogP contribution in [0.5, 0.6) is 0 Å². The van der Waals surface area contributed by atoms with Gasteiger partial charge in [-0.1, -0.05) is 146 Å². The van der Waals surface area contributed by atoms with Crippen LogP contribution in [0.25, 0.3) is 110 Å². The fraction of sp³-hybridized carbons (Fsp3) is 0. The average molecular weight is 713 g/mol. The molecule has 9 aromatic carbocycles. The van der Waals surface area contributed by atoms with Crippen molar-refractivity contribution in [3.63, 3.8) is 0 Å². The molecule has 0 N–H and O–H groups in total. The third kappa shape index (κ3) is 4.41. The molecule has 4 heteroatoms. The molecule has 0 spiro atoms. The van der Waals surface area contributed by atoms with Gasteiger partial charge in [0.2, 0.25) is 0 Å². The Hall–Kier alpha value is -7.56. The third-order valence-corrected chi connectivity index (χ3v) is 11.5. The SMILES string of the molecule is c1ccc(-c2nc(-c3cccc(-n4c5ccccc5c5c6c(ccc54)c4ccccc4c4c6c5ccccc5n4-c4ccccc4)c3)nc3ccccc23)cc1. The average Bonchev–Trinajstić information content (AvgIpc) is 3.80. The summed E-state index contributed by atoms with van der Waals surface area (Å²) in [5.74, 6) is 0.706. The minimum absolute atomic E-state index is 0.706. The molecule has 0 aliphatic rings. The van der Waals surface area contributed by atoms with Crippen molar-refractivity contribution in [2.45, 2.75) is 0 Å². The van der Waals surface area contributed by atoms with Gasteiger partial charge in [0.1, 0.15) is 0 Å². The van der Waals surface area contributed by atoms with Crippen LogP contribution in [0.15, 0.2) is 194 Å². The lowest BCUT2D eigenvalue weighted by molar-refractivity contribution is 1.17. The summed E-state index contributed by atoms with van der Waals surface area (Å²) in [5.41, 5.74) is 10.9. The van der Waals surface area contributed by atoms with Crippen LogP contribution in [0.2, 0.25) is 0 Å². The summed E-state index contributed by atoms with van der Waals surface area (Å²) in [6, 6.07) is 69.5. The lowest BCUT2D eigenvalue weighted by Gasteiger charge is -2.14. The highest BCUT2D eigenvalue weighted by Crippen LogP contribution is 2.47. The van der Waals surface area contributed by atoms with E-state index in [1.165, 1.54) is 54.1 Å². The number of rotatable bonds is 4. The highest BCUT2D eigenvalue weighted by Gasteiger charge is 2.23. The van der Waals surface area contributed by atoms with Crippen LogP contribution in [0.4, 0.5) is 0 Å². The second kappa shape index (κ2) is 12.0. The Balaban J connectivity index is 1.18. The van der Waals surface area contributed by atoms with E-state index in [0.29, 0.717) is 5.82 Å². The molecule has 12 rings (SSSR count). The summed E-state index contributed by atoms with van der Waals surface area (Å²) in [6.07, 6.45) is 0. The zero-order chi connectivity index (χ0) is 36.7. The Labute approximate surface area is 322 Å². The molecule has 0 saturated heterocycles. The van der Waals surface area contributed by atoms with E-state index < -0.39 is 0 Å². The van der Waals surface area contributed by atoms with Crippen molar-refractivity contribution >= 4 is 76.1 Å². The van der Waals surface area contributed by atoms with Crippen LogP contribution in [-0.2, 0) is 0 Å². The van der Waals surface area contributed by atoms with E-state index in [2.05, 4.69) is 191 Å². The summed E-state index contributed by atoms with van der Waals surface area (Å²) in [5, 5.41) is 11.1. The normalized spacial score (nSPS) is 11.9. The van der Waals surface area contributed by atoms with Crippen LogP contribution < -0.4 is 0 Å². The van der Waals surface area contributed by atoms with Gasteiger partial charge in [-0.25, -0.2) is 9.97 Å². The van der Waals surface area contributed by atoms with Gasteiger partial charge in [0.15, 0.2) is 5.82 Å². The summed E-state index contributed by atoms with van der Waals surface area (Å²) in [6.45, 7) is 0. The molecular formula is C52H32N4. The largest absolute Gasteiger partial charge is 0.309 e. The Morgan fingerprint density at radius 3 is 1.70 bits per heavy atom. The number of aromatic nitrogens is 4. The second-order valence-electron chi connectivity index (χ2n) is 14.5. The first-order chi connectivity index (χ1) is 27.8. The number of fused-ring (bicyclic) bond motifs is 13. The molecule has 0 amide bonds. The fourth-order valence-corrected chi connectivity index (χ4v) is 9.15. The maximum absolute atomic E-state index is 5.23. The van der Waals surface area contributed by atoms with E-state index in [0.717, 1.165) is 50.1 Å². The topological polar surface area (TPSA) is 35.6 Å². The highest BCUT2D eigenvalue weighted by molar-refractivity contribution is 6.39. The van der Waals surface area contributed by atoms with Crippen molar-refractivity contribution in [1.29, 1.82) is 0 Å². The second-order valence-corrected chi connectivity index (χ2v) is 14.5. The molecule has 0 unspecified atom stereocenters. The zero-order valence-electron chi connectivity index (χ0n) is 30.3. The van der Waals surface area contributed by atoms with Gasteiger partial charge in [0, 0.05) is 60.2 Å². The van der Waals surface area contributed by atoms with E-state index in [9.17, 15) is 0 Å². The van der Waals surface area contributed by atoms with Gasteiger partial charge in [-0.15, -0.1) is 0 Å². The van der Waals surface area contributed by atoms with E-state index in [1.54, 1.807) is 0 Å². The van der Waals surface area contributed by atoms with Gasteiger partial charge in [-0.3, -0.25) is 0 Å². The molecule has 0 fully saturated rings. The summed E-state index contributed by atoms with van der Waals surface area (Å²) in [7, 11) is 0. The van der Waals surface area contributed by atoms with E-state index >= 15 is 0 Å². The molecule has 0 aliphatic carbocycles. The van der Waals surface area contributed by atoms with Gasteiger partial charge >= 0.3 is 0 Å². The third-order valence-electron chi connectivity index (χ3n) is 11.5. The van der Waals surface area contributed by atoms with Crippen molar-refractivity contribution in [3.05, 3.63) is 194 Å². The molecule has 4 nitrogen and oxygen atoms in total. The van der Waals surface area contributed by atoms with E-state index in [4.69, 9.17) is 9.97 Å². The quantitative estimate of drug-likeness (QED) is 0.170. The summed E-state index contributed by atoms with van der Waals surface area (Å²) in [4.78, 5) is 10.3. The maximum Gasteiger partial charge on any atom is 0.160 e. The van der Waals surface area contributed by atoms with Crippen molar-refractivity contribution in [3.8, 4) is 34.0 Å². The fourth-order valence-electron chi connectivity index (χ4n) is 9.15. The number of nitrogens with zero attached hydrogens (tertiary/aromatic N) is 4. The lowest BCUT2D eigenvalue weighted by Crippen LogP contribution is -1.98. The number of hydrogen-bond acceptors (Lipinski definition) is 2. The predicted molar refractivity (Wildman–Crippen MR) is 234 cm³/mol. The number of hydrogen-bond donors (Lipinski definition) is 0. The standard InChI is InChI=1S/C52H32N4/c1-3-16-33(17-4-1)50-40-24-9-12-27-43(40)53-52(54-50)34-18-15-21-36(32-34)55-44-28-13-10-25-41(44)47-46(55)31-30-38-37-22-7-8-23-39(37)51-49(48(38)47)42-26-11-14-29-45(42)56(51)35-19-5-2-6-20-35/h1-32H. The van der Waals surface area contributed by atoms with Crippen molar-refractivity contribution in [1.82, 2.24) is 19.1 Å². The highest BCUT2D eigenvalue weighted by atomic mass is 15.0. The molecule has 0 saturated carbocycles. The molecule has 56 heavy (non-hydrogen) atoms. The minimum atomic E-state index is 0.706. The van der Waals surface area contributed by atoms with Gasteiger partial charge in [0.25, 0.3) is 0 Å².